The van der Waals surface area contributed by atoms with Crippen LogP contribution in [0.2, 0.25) is 0 Å². The van der Waals surface area contributed by atoms with E-state index in [9.17, 15) is 10.1 Å². The molecule has 2 fully saturated rings. The van der Waals surface area contributed by atoms with Crippen molar-refractivity contribution >= 4 is 5.91 Å². The first-order chi connectivity index (χ1) is 8.68. The molecular weight excluding hydrogens is 224 g/mol. The lowest BCUT2D eigenvalue weighted by Crippen LogP contribution is -2.41. The van der Waals surface area contributed by atoms with Crippen LogP contribution in [0.4, 0.5) is 0 Å². The van der Waals surface area contributed by atoms with Crippen LogP contribution in [0.3, 0.4) is 0 Å². The Morgan fingerprint density at radius 3 is 2.56 bits per heavy atom. The number of hydrogen-bond acceptors (Lipinski definition) is 2. The lowest BCUT2D eigenvalue weighted by Gasteiger charge is -2.30. The van der Waals surface area contributed by atoms with Crippen molar-refractivity contribution in [1.82, 2.24) is 5.32 Å². The molecule has 0 spiro atoms. The van der Waals surface area contributed by atoms with Crippen LogP contribution in [0, 0.1) is 28.6 Å². The zero-order chi connectivity index (χ0) is 13.0. The van der Waals surface area contributed by atoms with Crippen LogP contribution in [-0.2, 0) is 4.79 Å². The average molecular weight is 248 g/mol. The largest absolute Gasteiger partial charge is 0.354 e. The second-order valence-corrected chi connectivity index (χ2v) is 6.13. The van der Waals surface area contributed by atoms with Crippen LogP contribution in [0.5, 0.6) is 0 Å². The molecule has 2 unspecified atom stereocenters. The van der Waals surface area contributed by atoms with Gasteiger partial charge in [-0.3, -0.25) is 4.79 Å². The summed E-state index contributed by atoms with van der Waals surface area (Å²) in [4.78, 5) is 12.2. The van der Waals surface area contributed by atoms with E-state index in [1.54, 1.807) is 0 Å². The van der Waals surface area contributed by atoms with E-state index in [-0.39, 0.29) is 5.91 Å². The molecule has 100 valence electrons. The fourth-order valence-electron chi connectivity index (χ4n) is 3.46. The highest BCUT2D eigenvalue weighted by molar-refractivity contribution is 5.85. The Kier molecular flexibility index (Phi) is 4.27. The number of nitrogens with zero attached hydrogens (tertiary/aromatic N) is 1. The monoisotopic (exact) mass is 248 g/mol. The molecule has 0 saturated heterocycles. The Balaban J connectivity index is 1.86. The first-order valence-electron chi connectivity index (χ1n) is 7.37. The van der Waals surface area contributed by atoms with Crippen molar-refractivity contribution in [3.8, 4) is 6.07 Å². The molecule has 0 bridgehead atoms. The predicted molar refractivity (Wildman–Crippen MR) is 70.6 cm³/mol. The summed E-state index contributed by atoms with van der Waals surface area (Å²) in [7, 11) is 0. The lowest BCUT2D eigenvalue weighted by atomic mass is 9.80. The second kappa shape index (κ2) is 5.73. The Morgan fingerprint density at radius 2 is 1.94 bits per heavy atom. The highest BCUT2D eigenvalue weighted by Crippen LogP contribution is 2.38. The van der Waals surface area contributed by atoms with E-state index < -0.39 is 5.41 Å². The normalized spacial score (nSPS) is 30.7. The maximum Gasteiger partial charge on any atom is 0.240 e. The molecule has 18 heavy (non-hydrogen) atoms. The molecule has 2 atom stereocenters. The molecule has 2 aliphatic rings. The van der Waals surface area contributed by atoms with Crippen molar-refractivity contribution in [2.75, 3.05) is 6.54 Å². The van der Waals surface area contributed by atoms with E-state index in [1.165, 1.54) is 25.7 Å². The summed E-state index contributed by atoms with van der Waals surface area (Å²) in [5.41, 5.74) is -0.710. The molecule has 0 aliphatic heterocycles. The van der Waals surface area contributed by atoms with Crippen molar-refractivity contribution in [2.45, 2.75) is 58.3 Å². The number of nitrogens with one attached hydrogen (secondary N) is 1. The highest BCUT2D eigenvalue weighted by Gasteiger charge is 2.41. The maximum atomic E-state index is 12.2. The fraction of sp³-hybridized carbons (Fsp3) is 0.867. The van der Waals surface area contributed by atoms with Gasteiger partial charge in [0.15, 0.2) is 0 Å². The molecule has 2 rings (SSSR count). The van der Waals surface area contributed by atoms with Gasteiger partial charge < -0.3 is 5.32 Å². The summed E-state index contributed by atoms with van der Waals surface area (Å²) in [5.74, 6) is 1.31. The van der Waals surface area contributed by atoms with Gasteiger partial charge in [-0.2, -0.15) is 5.26 Å². The number of hydrogen-bond donors (Lipinski definition) is 1. The molecule has 1 amide bonds. The smallest absolute Gasteiger partial charge is 0.240 e. The van der Waals surface area contributed by atoms with Gasteiger partial charge in [0, 0.05) is 6.54 Å². The first kappa shape index (κ1) is 13.4. The van der Waals surface area contributed by atoms with Gasteiger partial charge in [0.1, 0.15) is 5.41 Å². The van der Waals surface area contributed by atoms with E-state index in [0.29, 0.717) is 11.8 Å². The number of amides is 1. The molecule has 2 saturated carbocycles. The molecular formula is C15H24N2O. The van der Waals surface area contributed by atoms with Crippen molar-refractivity contribution in [1.29, 1.82) is 5.26 Å². The summed E-state index contributed by atoms with van der Waals surface area (Å²) in [6.07, 6.45) is 8.64. The molecule has 0 aromatic carbocycles. The zero-order valence-corrected chi connectivity index (χ0v) is 11.4. The van der Waals surface area contributed by atoms with Crippen LogP contribution < -0.4 is 5.32 Å². The topological polar surface area (TPSA) is 52.9 Å². The molecule has 0 aromatic rings. The van der Waals surface area contributed by atoms with Gasteiger partial charge in [-0.1, -0.05) is 39.0 Å². The van der Waals surface area contributed by atoms with Gasteiger partial charge in [-0.05, 0) is 31.1 Å². The number of carbonyl (C=O) groups excluding carboxylic acids is 1. The minimum absolute atomic E-state index is 0.0136. The summed E-state index contributed by atoms with van der Waals surface area (Å²) >= 11 is 0. The van der Waals surface area contributed by atoms with E-state index in [0.717, 1.165) is 32.2 Å². The van der Waals surface area contributed by atoms with Crippen molar-refractivity contribution in [3.63, 3.8) is 0 Å². The van der Waals surface area contributed by atoms with Crippen LogP contribution in [0.15, 0.2) is 0 Å². The molecule has 3 heteroatoms. The molecule has 2 aliphatic carbocycles. The summed E-state index contributed by atoms with van der Waals surface area (Å²) in [6.45, 7) is 3.05. The Morgan fingerprint density at radius 1 is 1.28 bits per heavy atom. The maximum absolute atomic E-state index is 12.2. The zero-order valence-electron chi connectivity index (χ0n) is 11.4. The van der Waals surface area contributed by atoms with Gasteiger partial charge in [-0.25, -0.2) is 0 Å². The standard InChI is InChI=1S/C15H24N2O/c1-12-6-2-3-7-13(12)10-17-14(18)15(11-16)8-4-5-9-15/h12-13H,2-10H2,1H3,(H,17,18). The summed E-state index contributed by atoms with van der Waals surface area (Å²) in [5, 5.41) is 12.3. The van der Waals surface area contributed by atoms with Gasteiger partial charge >= 0.3 is 0 Å². The summed E-state index contributed by atoms with van der Waals surface area (Å²) in [6, 6.07) is 2.26. The van der Waals surface area contributed by atoms with Crippen LogP contribution >= 0.6 is 0 Å². The molecule has 0 aromatic heterocycles. The van der Waals surface area contributed by atoms with Gasteiger partial charge in [0.2, 0.25) is 5.91 Å². The predicted octanol–water partition coefficient (Wildman–Crippen LogP) is 3.01. The fourth-order valence-corrected chi connectivity index (χ4v) is 3.46. The number of nitriles is 1. The van der Waals surface area contributed by atoms with Gasteiger partial charge in [-0.15, -0.1) is 0 Å². The van der Waals surface area contributed by atoms with Crippen molar-refractivity contribution in [3.05, 3.63) is 0 Å². The van der Waals surface area contributed by atoms with Gasteiger partial charge in [0.25, 0.3) is 0 Å². The van der Waals surface area contributed by atoms with Crippen LogP contribution in [0.1, 0.15) is 58.3 Å². The first-order valence-corrected chi connectivity index (χ1v) is 7.37. The van der Waals surface area contributed by atoms with Crippen LogP contribution in [-0.4, -0.2) is 12.5 Å². The third kappa shape index (κ3) is 2.68. The molecule has 1 N–H and O–H groups in total. The van der Waals surface area contributed by atoms with E-state index in [2.05, 4.69) is 18.3 Å². The number of rotatable bonds is 3. The molecule has 3 nitrogen and oxygen atoms in total. The van der Waals surface area contributed by atoms with Crippen molar-refractivity contribution < 1.29 is 4.79 Å². The third-order valence-electron chi connectivity index (χ3n) is 4.92. The molecule has 0 heterocycles. The second-order valence-electron chi connectivity index (χ2n) is 6.13. The minimum Gasteiger partial charge on any atom is -0.354 e. The third-order valence-corrected chi connectivity index (χ3v) is 4.92. The Labute approximate surface area is 110 Å². The molecule has 0 radical (unpaired) electrons. The van der Waals surface area contributed by atoms with Crippen molar-refractivity contribution in [2.24, 2.45) is 17.3 Å². The quantitative estimate of drug-likeness (QED) is 0.834. The Bertz CT molecular complexity index is 339. The van der Waals surface area contributed by atoms with E-state index in [1.807, 2.05) is 0 Å². The van der Waals surface area contributed by atoms with E-state index >= 15 is 0 Å². The van der Waals surface area contributed by atoms with Crippen LogP contribution in [0.25, 0.3) is 0 Å². The average Bonchev–Trinajstić information content (AvgIpc) is 2.87. The van der Waals surface area contributed by atoms with E-state index in [4.69, 9.17) is 0 Å². The Hall–Kier alpha value is -1.04. The highest BCUT2D eigenvalue weighted by atomic mass is 16.2. The summed E-state index contributed by atoms with van der Waals surface area (Å²) < 4.78 is 0. The number of carbonyl (C=O) groups is 1. The minimum atomic E-state index is -0.710. The lowest BCUT2D eigenvalue weighted by molar-refractivity contribution is -0.128. The SMILES string of the molecule is CC1CCCCC1CNC(=O)C1(C#N)CCCC1. The van der Waals surface area contributed by atoms with Gasteiger partial charge in [0.05, 0.1) is 6.07 Å².